The van der Waals surface area contributed by atoms with E-state index in [2.05, 4.69) is 4.90 Å². The molecule has 4 heteroatoms. The Morgan fingerprint density at radius 2 is 1.89 bits per heavy atom. The second-order valence-electron chi connectivity index (χ2n) is 6.71. The molecule has 2 saturated carbocycles. The number of nitrogens with two attached hydrogens (primary N) is 2. The summed E-state index contributed by atoms with van der Waals surface area (Å²) in [4.78, 5) is 2.22. The predicted octanol–water partition coefficient (Wildman–Crippen LogP) is 0.490. The Kier molecular flexibility index (Phi) is 3.39. The van der Waals surface area contributed by atoms with E-state index in [4.69, 9.17) is 11.5 Å². The van der Waals surface area contributed by atoms with Gasteiger partial charge in [0.25, 0.3) is 0 Å². The first-order valence-electron chi connectivity index (χ1n) is 7.53. The highest BCUT2D eigenvalue weighted by molar-refractivity contribution is 5.04. The number of aliphatic hydroxyl groups is 1. The van der Waals surface area contributed by atoms with E-state index in [1.165, 1.54) is 12.8 Å². The van der Waals surface area contributed by atoms with Crippen molar-refractivity contribution in [3.05, 3.63) is 0 Å². The molecule has 0 bridgehead atoms. The van der Waals surface area contributed by atoms with E-state index in [0.29, 0.717) is 23.9 Å². The number of hydrogen-bond acceptors (Lipinski definition) is 4. The van der Waals surface area contributed by atoms with E-state index in [1.54, 1.807) is 0 Å². The standard InChI is InChI=1S/C14H27N3O/c1-8(18)17-7-12(16)14(9-2-3-9)11-6-10(15)4-5-13(11)17/h8-14,18H,2-7,15-16H2,1H3. The van der Waals surface area contributed by atoms with Crippen LogP contribution < -0.4 is 11.5 Å². The van der Waals surface area contributed by atoms with Crippen molar-refractivity contribution in [2.45, 2.75) is 63.4 Å². The monoisotopic (exact) mass is 253 g/mol. The fourth-order valence-corrected chi connectivity index (χ4v) is 4.48. The molecule has 0 aromatic heterocycles. The lowest BCUT2D eigenvalue weighted by atomic mass is 9.67. The highest BCUT2D eigenvalue weighted by Crippen LogP contribution is 2.49. The third kappa shape index (κ3) is 2.20. The Bertz CT molecular complexity index is 305. The highest BCUT2D eigenvalue weighted by atomic mass is 16.3. The van der Waals surface area contributed by atoms with Crippen LogP contribution >= 0.6 is 0 Å². The van der Waals surface area contributed by atoms with Gasteiger partial charge in [-0.3, -0.25) is 4.90 Å². The quantitative estimate of drug-likeness (QED) is 0.669. The minimum atomic E-state index is -0.377. The number of piperidine rings is 1. The smallest absolute Gasteiger partial charge is 0.104 e. The van der Waals surface area contributed by atoms with E-state index >= 15 is 0 Å². The Labute approximate surface area is 110 Å². The van der Waals surface area contributed by atoms with Gasteiger partial charge >= 0.3 is 0 Å². The fourth-order valence-electron chi connectivity index (χ4n) is 4.48. The number of hydrogen-bond donors (Lipinski definition) is 3. The maximum atomic E-state index is 9.98. The van der Waals surface area contributed by atoms with Crippen LogP contribution in [0.25, 0.3) is 0 Å². The molecule has 104 valence electrons. The van der Waals surface area contributed by atoms with E-state index in [0.717, 1.165) is 31.7 Å². The Balaban J connectivity index is 1.82. The molecule has 1 aliphatic heterocycles. The summed E-state index contributed by atoms with van der Waals surface area (Å²) in [6, 6.07) is 1.07. The van der Waals surface area contributed by atoms with Gasteiger partial charge in [-0.15, -0.1) is 0 Å². The van der Waals surface area contributed by atoms with Gasteiger partial charge in [0.15, 0.2) is 0 Å². The normalized spacial score (nSPS) is 47.7. The second kappa shape index (κ2) is 4.75. The van der Waals surface area contributed by atoms with E-state index < -0.39 is 0 Å². The van der Waals surface area contributed by atoms with Crippen LogP contribution in [0.2, 0.25) is 0 Å². The third-order valence-electron chi connectivity index (χ3n) is 5.39. The lowest BCUT2D eigenvalue weighted by molar-refractivity contribution is -0.0912. The summed E-state index contributed by atoms with van der Waals surface area (Å²) in [5, 5.41) is 9.98. The zero-order valence-electron chi connectivity index (χ0n) is 11.3. The van der Waals surface area contributed by atoms with E-state index in [1.807, 2.05) is 6.92 Å². The molecule has 4 nitrogen and oxygen atoms in total. The summed E-state index contributed by atoms with van der Waals surface area (Å²) >= 11 is 0. The minimum Gasteiger partial charge on any atom is -0.379 e. The van der Waals surface area contributed by atoms with E-state index in [-0.39, 0.29) is 12.3 Å². The van der Waals surface area contributed by atoms with Gasteiger partial charge in [-0.05, 0) is 56.8 Å². The summed E-state index contributed by atoms with van der Waals surface area (Å²) in [5.74, 6) is 2.10. The van der Waals surface area contributed by atoms with Crippen molar-refractivity contribution in [2.24, 2.45) is 29.2 Å². The molecular formula is C14H27N3O. The largest absolute Gasteiger partial charge is 0.379 e. The Morgan fingerprint density at radius 1 is 1.17 bits per heavy atom. The van der Waals surface area contributed by atoms with E-state index in [9.17, 15) is 5.11 Å². The molecule has 1 heterocycles. The summed E-state index contributed by atoms with van der Waals surface area (Å²) in [6.45, 7) is 2.73. The molecule has 3 aliphatic rings. The van der Waals surface area contributed by atoms with Gasteiger partial charge < -0.3 is 16.6 Å². The molecule has 0 radical (unpaired) electrons. The summed E-state index contributed by atoms with van der Waals surface area (Å²) in [7, 11) is 0. The average molecular weight is 253 g/mol. The van der Waals surface area contributed by atoms with Crippen molar-refractivity contribution in [1.82, 2.24) is 4.90 Å². The van der Waals surface area contributed by atoms with Crippen LogP contribution in [0, 0.1) is 17.8 Å². The van der Waals surface area contributed by atoms with Crippen LogP contribution in [-0.2, 0) is 0 Å². The van der Waals surface area contributed by atoms with Crippen molar-refractivity contribution in [3.8, 4) is 0 Å². The molecule has 2 aliphatic carbocycles. The Hall–Kier alpha value is -0.160. The van der Waals surface area contributed by atoms with Crippen molar-refractivity contribution in [2.75, 3.05) is 6.54 Å². The average Bonchev–Trinajstić information content (AvgIpc) is 3.11. The third-order valence-corrected chi connectivity index (χ3v) is 5.39. The SMILES string of the molecule is CC(O)N1CC(N)C(C2CC2)C2CC(N)CCC21. The molecule has 1 saturated heterocycles. The molecule has 6 unspecified atom stereocenters. The van der Waals surface area contributed by atoms with Crippen LogP contribution in [0.4, 0.5) is 0 Å². The first kappa shape index (κ1) is 12.9. The van der Waals surface area contributed by atoms with Crippen LogP contribution in [-0.4, -0.2) is 40.9 Å². The Morgan fingerprint density at radius 3 is 2.50 bits per heavy atom. The van der Waals surface area contributed by atoms with Gasteiger partial charge in [-0.2, -0.15) is 0 Å². The molecule has 3 rings (SSSR count). The molecule has 18 heavy (non-hydrogen) atoms. The van der Waals surface area contributed by atoms with Crippen LogP contribution in [0.1, 0.15) is 39.0 Å². The number of rotatable bonds is 2. The highest BCUT2D eigenvalue weighted by Gasteiger charge is 2.50. The van der Waals surface area contributed by atoms with Crippen molar-refractivity contribution >= 4 is 0 Å². The van der Waals surface area contributed by atoms with Crippen molar-refractivity contribution in [3.63, 3.8) is 0 Å². The van der Waals surface area contributed by atoms with Gasteiger partial charge in [-0.1, -0.05) is 0 Å². The zero-order chi connectivity index (χ0) is 12.9. The van der Waals surface area contributed by atoms with Crippen LogP contribution in [0.15, 0.2) is 0 Å². The number of fused-ring (bicyclic) bond motifs is 1. The molecule has 0 spiro atoms. The second-order valence-corrected chi connectivity index (χ2v) is 6.71. The van der Waals surface area contributed by atoms with Gasteiger partial charge in [0.2, 0.25) is 0 Å². The van der Waals surface area contributed by atoms with Gasteiger partial charge in [-0.25, -0.2) is 0 Å². The molecule has 0 aromatic rings. The fraction of sp³-hybridized carbons (Fsp3) is 1.00. The van der Waals surface area contributed by atoms with Crippen LogP contribution in [0.3, 0.4) is 0 Å². The first-order valence-corrected chi connectivity index (χ1v) is 7.53. The number of likely N-dealkylation sites (tertiary alicyclic amines) is 1. The minimum absolute atomic E-state index is 0.221. The summed E-state index contributed by atoms with van der Waals surface area (Å²) < 4.78 is 0. The van der Waals surface area contributed by atoms with Crippen LogP contribution in [0.5, 0.6) is 0 Å². The number of nitrogens with zero attached hydrogens (tertiary/aromatic N) is 1. The lowest BCUT2D eigenvalue weighted by Gasteiger charge is -2.53. The molecule has 5 N–H and O–H groups in total. The maximum Gasteiger partial charge on any atom is 0.104 e. The molecule has 3 fully saturated rings. The van der Waals surface area contributed by atoms with Gasteiger partial charge in [0, 0.05) is 24.7 Å². The number of aliphatic hydroxyl groups excluding tert-OH is 1. The molecule has 0 aromatic carbocycles. The van der Waals surface area contributed by atoms with Gasteiger partial charge in [0.1, 0.15) is 6.23 Å². The van der Waals surface area contributed by atoms with Crippen molar-refractivity contribution < 1.29 is 5.11 Å². The molecule has 0 amide bonds. The lowest BCUT2D eigenvalue weighted by Crippen LogP contribution is -2.63. The molecule has 6 atom stereocenters. The first-order chi connectivity index (χ1) is 8.58. The molecular weight excluding hydrogens is 226 g/mol. The van der Waals surface area contributed by atoms with Crippen molar-refractivity contribution in [1.29, 1.82) is 0 Å². The zero-order valence-corrected chi connectivity index (χ0v) is 11.3. The summed E-state index contributed by atoms with van der Waals surface area (Å²) in [6.07, 6.45) is 5.65. The maximum absolute atomic E-state index is 9.98. The predicted molar refractivity (Wildman–Crippen MR) is 71.7 cm³/mol. The van der Waals surface area contributed by atoms with Gasteiger partial charge in [0.05, 0.1) is 0 Å². The topological polar surface area (TPSA) is 75.5 Å². The summed E-state index contributed by atoms with van der Waals surface area (Å²) in [5.41, 5.74) is 12.6.